The number of benzene rings is 2. The summed E-state index contributed by atoms with van der Waals surface area (Å²) in [7, 11) is 0. The molecule has 1 fully saturated rings. The number of pyridine rings is 1. The van der Waals surface area contributed by atoms with Gasteiger partial charge in [0.1, 0.15) is 11.3 Å². The van der Waals surface area contributed by atoms with E-state index >= 15 is 0 Å². The van der Waals surface area contributed by atoms with Crippen molar-refractivity contribution < 1.29 is 22.7 Å². The molecular weight excluding hydrogens is 559 g/mol. The van der Waals surface area contributed by atoms with Gasteiger partial charge in [0, 0.05) is 23.1 Å². The van der Waals surface area contributed by atoms with Gasteiger partial charge in [-0.15, -0.1) is 13.2 Å². The highest BCUT2D eigenvalue weighted by Crippen LogP contribution is 2.38. The van der Waals surface area contributed by atoms with Crippen LogP contribution in [0.2, 0.25) is 5.02 Å². The van der Waals surface area contributed by atoms with Crippen LogP contribution in [0.4, 0.5) is 18.0 Å². The minimum atomic E-state index is -4.88. The summed E-state index contributed by atoms with van der Waals surface area (Å²) in [5.41, 5.74) is 0.265. The summed E-state index contributed by atoms with van der Waals surface area (Å²) in [6, 6.07) is 16.4. The van der Waals surface area contributed by atoms with E-state index in [9.17, 15) is 18.0 Å². The van der Waals surface area contributed by atoms with Crippen LogP contribution in [-0.4, -0.2) is 23.4 Å². The molecule has 1 saturated carbocycles. The van der Waals surface area contributed by atoms with E-state index in [-0.39, 0.29) is 12.5 Å². The predicted molar refractivity (Wildman–Crippen MR) is 135 cm³/mol. The van der Waals surface area contributed by atoms with E-state index < -0.39 is 23.7 Å². The second-order valence-corrected chi connectivity index (χ2v) is 10.1. The number of amides is 2. The van der Waals surface area contributed by atoms with Crippen LogP contribution in [0.1, 0.15) is 42.5 Å². The van der Waals surface area contributed by atoms with Crippen LogP contribution in [0, 0.1) is 0 Å². The first-order valence-corrected chi connectivity index (χ1v) is 12.6. The van der Waals surface area contributed by atoms with Crippen molar-refractivity contribution in [3.8, 4) is 5.75 Å². The summed E-state index contributed by atoms with van der Waals surface area (Å²) in [4.78, 5) is 17.8. The summed E-state index contributed by atoms with van der Waals surface area (Å²) in [6.07, 6.45) is 0.579. The third-order valence-corrected chi connectivity index (χ3v) is 6.77. The number of hydrogen-bond donors (Lipinski definition) is 2. The van der Waals surface area contributed by atoms with Crippen LogP contribution in [0.25, 0.3) is 0 Å². The third kappa shape index (κ3) is 6.70. The number of urea groups is 1. The number of carbonyl (C=O) groups excluding carboxylic acids is 1. The van der Waals surface area contributed by atoms with Gasteiger partial charge < -0.3 is 15.4 Å². The highest BCUT2D eigenvalue weighted by molar-refractivity contribution is 9.10. The first-order chi connectivity index (χ1) is 17.1. The molecule has 190 valence electrons. The van der Waals surface area contributed by atoms with Gasteiger partial charge in [-0.25, -0.2) is 4.79 Å². The molecule has 2 aromatic carbocycles. The molecule has 1 aromatic heterocycles. The van der Waals surface area contributed by atoms with Gasteiger partial charge in [-0.3, -0.25) is 4.98 Å². The number of aromatic nitrogens is 1. The first kappa shape index (κ1) is 26.3. The zero-order chi connectivity index (χ0) is 25.8. The number of ether oxygens (including phenoxy) is 1. The Hall–Kier alpha value is -2.78. The number of hydrogen-bond acceptors (Lipinski definition) is 3. The molecule has 10 heteroatoms. The zero-order valence-electron chi connectivity index (χ0n) is 19.1. The van der Waals surface area contributed by atoms with Gasteiger partial charge in [-0.1, -0.05) is 70.7 Å². The zero-order valence-corrected chi connectivity index (χ0v) is 21.5. The molecule has 0 spiro atoms. The van der Waals surface area contributed by atoms with E-state index in [1.807, 2.05) is 30.3 Å². The molecule has 0 bridgehead atoms. The molecule has 0 aliphatic heterocycles. The Labute approximate surface area is 220 Å². The van der Waals surface area contributed by atoms with E-state index in [1.165, 1.54) is 18.3 Å². The molecule has 0 saturated heterocycles. The first-order valence-electron chi connectivity index (χ1n) is 11.4. The normalized spacial score (nSPS) is 15.8. The Morgan fingerprint density at radius 2 is 1.81 bits per heavy atom. The Morgan fingerprint density at radius 1 is 1.08 bits per heavy atom. The molecule has 3 aromatic rings. The van der Waals surface area contributed by atoms with Crippen molar-refractivity contribution >= 4 is 33.6 Å². The van der Waals surface area contributed by atoms with Crippen molar-refractivity contribution in [2.24, 2.45) is 0 Å². The summed E-state index contributed by atoms with van der Waals surface area (Å²) < 4.78 is 43.9. The maximum Gasteiger partial charge on any atom is 0.573 e. The summed E-state index contributed by atoms with van der Waals surface area (Å²) in [5.74, 6) is -0.420. The highest BCUT2D eigenvalue weighted by Gasteiger charge is 2.40. The SMILES string of the molecule is O=C(NC1CCCC1)NC(Cc1ccccc1)(c1cc(Br)cc(OC(F)(F)F)c1)c1ccc(Cl)cn1. The summed E-state index contributed by atoms with van der Waals surface area (Å²) in [6.45, 7) is 0. The third-order valence-electron chi connectivity index (χ3n) is 6.09. The average molecular weight is 583 g/mol. The van der Waals surface area contributed by atoms with Crippen molar-refractivity contribution in [3.05, 3.63) is 93.2 Å². The topological polar surface area (TPSA) is 63.2 Å². The van der Waals surface area contributed by atoms with Crippen LogP contribution in [0.15, 0.2) is 71.3 Å². The van der Waals surface area contributed by atoms with Crippen molar-refractivity contribution in [1.82, 2.24) is 15.6 Å². The van der Waals surface area contributed by atoms with Crippen molar-refractivity contribution in [3.63, 3.8) is 0 Å². The van der Waals surface area contributed by atoms with Gasteiger partial charge in [-0.05, 0) is 54.3 Å². The number of nitrogens with zero attached hydrogens (tertiary/aromatic N) is 1. The standard InChI is InChI=1S/C26H24BrClF3N3O2/c27-19-12-18(13-22(14-19)36-26(29,30)31)25(15-17-6-2-1-3-7-17,23-11-10-20(28)16-32-23)34-24(35)33-21-8-4-5-9-21/h1-3,6-7,10-14,16,21H,4-5,8-9,15H2,(H2,33,34,35). The van der Waals surface area contributed by atoms with Crippen LogP contribution >= 0.6 is 27.5 Å². The molecular formula is C26H24BrClF3N3O2. The van der Waals surface area contributed by atoms with Gasteiger partial charge in [-0.2, -0.15) is 0 Å². The van der Waals surface area contributed by atoms with Crippen LogP contribution in [0.3, 0.4) is 0 Å². The maximum atomic E-state index is 13.3. The molecule has 1 aliphatic rings. The molecule has 1 aliphatic carbocycles. The van der Waals surface area contributed by atoms with Gasteiger partial charge in [0.15, 0.2) is 0 Å². The average Bonchev–Trinajstić information content (AvgIpc) is 3.31. The summed E-state index contributed by atoms with van der Waals surface area (Å²) in [5, 5.41) is 6.46. The van der Waals surface area contributed by atoms with Crippen LogP contribution in [-0.2, 0) is 12.0 Å². The molecule has 1 atom stereocenters. The van der Waals surface area contributed by atoms with E-state index in [2.05, 4.69) is 36.3 Å². The number of nitrogens with one attached hydrogen (secondary N) is 2. The molecule has 1 heterocycles. The fraction of sp³-hybridized carbons (Fsp3) is 0.308. The van der Waals surface area contributed by atoms with Gasteiger partial charge in [0.2, 0.25) is 0 Å². The molecule has 1 unspecified atom stereocenters. The van der Waals surface area contributed by atoms with E-state index in [4.69, 9.17) is 11.6 Å². The fourth-order valence-corrected chi connectivity index (χ4v) is 5.12. The Morgan fingerprint density at radius 3 is 2.44 bits per heavy atom. The number of carbonyl (C=O) groups is 1. The Balaban J connectivity index is 1.86. The maximum absolute atomic E-state index is 13.3. The van der Waals surface area contributed by atoms with E-state index in [0.717, 1.165) is 31.2 Å². The number of alkyl halides is 3. The predicted octanol–water partition coefficient (Wildman–Crippen LogP) is 7.12. The molecule has 2 amide bonds. The van der Waals surface area contributed by atoms with Crippen LogP contribution in [0.5, 0.6) is 5.75 Å². The second-order valence-electron chi connectivity index (χ2n) is 8.73. The number of rotatable bonds is 7. The lowest BCUT2D eigenvalue weighted by Crippen LogP contribution is -2.54. The van der Waals surface area contributed by atoms with Crippen molar-refractivity contribution in [1.29, 1.82) is 0 Å². The lowest BCUT2D eigenvalue weighted by Gasteiger charge is -2.36. The molecule has 4 rings (SSSR count). The molecule has 36 heavy (non-hydrogen) atoms. The molecule has 5 nitrogen and oxygen atoms in total. The summed E-state index contributed by atoms with van der Waals surface area (Å²) >= 11 is 9.40. The van der Waals surface area contributed by atoms with Gasteiger partial charge >= 0.3 is 12.4 Å². The molecule has 0 radical (unpaired) electrons. The van der Waals surface area contributed by atoms with Gasteiger partial charge in [0.05, 0.1) is 10.7 Å². The Kier molecular flexibility index (Phi) is 8.10. The minimum absolute atomic E-state index is 0.0317. The Bertz CT molecular complexity index is 1190. The van der Waals surface area contributed by atoms with Crippen molar-refractivity contribution in [2.45, 2.75) is 50.0 Å². The molecule has 2 N–H and O–H groups in total. The van der Waals surface area contributed by atoms with Gasteiger partial charge in [0.25, 0.3) is 0 Å². The quantitative estimate of drug-likeness (QED) is 0.312. The largest absolute Gasteiger partial charge is 0.573 e. The monoisotopic (exact) mass is 581 g/mol. The smallest absolute Gasteiger partial charge is 0.406 e. The van der Waals surface area contributed by atoms with Crippen molar-refractivity contribution in [2.75, 3.05) is 0 Å². The second kappa shape index (κ2) is 11.1. The number of halogens is 5. The van der Waals surface area contributed by atoms with E-state index in [1.54, 1.807) is 18.2 Å². The van der Waals surface area contributed by atoms with E-state index in [0.29, 0.717) is 20.8 Å². The highest BCUT2D eigenvalue weighted by atomic mass is 79.9. The minimum Gasteiger partial charge on any atom is -0.406 e. The lowest BCUT2D eigenvalue weighted by atomic mass is 9.80. The lowest BCUT2D eigenvalue weighted by molar-refractivity contribution is -0.274. The fourth-order valence-electron chi connectivity index (χ4n) is 4.54. The van der Waals surface area contributed by atoms with Crippen LogP contribution < -0.4 is 15.4 Å².